The Morgan fingerprint density at radius 3 is 1.64 bits per heavy atom. The number of rotatable bonds is 2. The molecule has 0 aliphatic heterocycles. The molecule has 2 fully saturated rings. The van der Waals surface area contributed by atoms with Crippen LogP contribution in [0.3, 0.4) is 0 Å². The Morgan fingerprint density at radius 2 is 1.36 bits per heavy atom. The fraction of sp³-hybridized carbons (Fsp3) is 1.00. The molecular formula is C11H22. The number of hydrogen-bond donors (Lipinski definition) is 0. The average molecular weight is 154 g/mol. The molecule has 2 aliphatic carbocycles. The lowest BCUT2D eigenvalue weighted by Gasteiger charge is -2.24. The van der Waals surface area contributed by atoms with E-state index >= 15 is 0 Å². The van der Waals surface area contributed by atoms with Crippen molar-refractivity contribution in [3.05, 3.63) is 0 Å². The van der Waals surface area contributed by atoms with Gasteiger partial charge < -0.3 is 0 Å². The van der Waals surface area contributed by atoms with Crippen LogP contribution in [-0.4, -0.2) is 0 Å². The van der Waals surface area contributed by atoms with Crippen molar-refractivity contribution in [2.45, 2.75) is 58.8 Å². The molecule has 0 amide bonds. The van der Waals surface area contributed by atoms with Gasteiger partial charge in [0, 0.05) is 0 Å². The Hall–Kier alpha value is 0. The predicted octanol–water partition coefficient (Wildman–Crippen LogP) is 4.00. The normalized spacial score (nSPS) is 23.5. The molecule has 0 atom stereocenters. The maximum Gasteiger partial charge on any atom is -0.0411 e. The van der Waals surface area contributed by atoms with E-state index < -0.39 is 0 Å². The SMILES string of the molecule is C1CC(CC2CC2)C1.CCC. The van der Waals surface area contributed by atoms with Gasteiger partial charge in [0.15, 0.2) is 0 Å². The lowest BCUT2D eigenvalue weighted by atomic mass is 9.82. The first-order chi connectivity index (χ1) is 5.36. The molecule has 0 aromatic carbocycles. The fourth-order valence-corrected chi connectivity index (χ4v) is 1.55. The minimum absolute atomic E-state index is 1.17. The van der Waals surface area contributed by atoms with Gasteiger partial charge in [0.1, 0.15) is 0 Å². The summed E-state index contributed by atoms with van der Waals surface area (Å²) in [5, 5.41) is 0. The van der Waals surface area contributed by atoms with Crippen LogP contribution in [0.25, 0.3) is 0 Å². The highest BCUT2D eigenvalue weighted by molar-refractivity contribution is 4.80. The zero-order chi connectivity index (χ0) is 8.10. The standard InChI is InChI=1S/C8H14.C3H8/c1-2-7(3-1)6-8-4-5-8;1-3-2/h7-8H,1-6H2;3H2,1-2H3. The van der Waals surface area contributed by atoms with E-state index in [1.54, 1.807) is 32.1 Å². The van der Waals surface area contributed by atoms with Gasteiger partial charge in [-0.05, 0) is 18.3 Å². The van der Waals surface area contributed by atoms with Gasteiger partial charge in [-0.3, -0.25) is 0 Å². The second-order valence-corrected chi connectivity index (χ2v) is 4.18. The molecule has 0 heterocycles. The summed E-state index contributed by atoms with van der Waals surface area (Å²) in [5.74, 6) is 2.35. The van der Waals surface area contributed by atoms with Crippen LogP contribution in [0.5, 0.6) is 0 Å². The summed E-state index contributed by atoms with van der Waals surface area (Å²) < 4.78 is 0. The topological polar surface area (TPSA) is 0 Å². The zero-order valence-corrected chi connectivity index (χ0v) is 8.10. The van der Waals surface area contributed by atoms with Gasteiger partial charge in [-0.25, -0.2) is 0 Å². The van der Waals surface area contributed by atoms with Crippen molar-refractivity contribution in [3.63, 3.8) is 0 Å². The van der Waals surface area contributed by atoms with Gasteiger partial charge in [0.2, 0.25) is 0 Å². The molecule has 0 unspecified atom stereocenters. The van der Waals surface area contributed by atoms with Crippen molar-refractivity contribution in [2.75, 3.05) is 0 Å². The lowest BCUT2D eigenvalue weighted by Crippen LogP contribution is -2.10. The van der Waals surface area contributed by atoms with E-state index in [9.17, 15) is 0 Å². The maximum absolute atomic E-state index is 2.12. The third kappa shape index (κ3) is 3.79. The second-order valence-electron chi connectivity index (χ2n) is 4.18. The molecule has 0 aromatic heterocycles. The van der Waals surface area contributed by atoms with E-state index in [0.29, 0.717) is 0 Å². The van der Waals surface area contributed by atoms with Gasteiger partial charge in [-0.1, -0.05) is 52.4 Å². The summed E-state index contributed by atoms with van der Waals surface area (Å²) in [7, 11) is 0. The highest BCUT2D eigenvalue weighted by Gasteiger charge is 2.27. The molecule has 2 aliphatic rings. The van der Waals surface area contributed by atoms with E-state index in [1.807, 2.05) is 0 Å². The predicted molar refractivity (Wildman–Crippen MR) is 50.6 cm³/mol. The molecule has 2 saturated carbocycles. The van der Waals surface area contributed by atoms with Crippen LogP contribution in [0.4, 0.5) is 0 Å². The first kappa shape index (κ1) is 9.09. The molecule has 0 saturated heterocycles. The summed E-state index contributed by atoms with van der Waals surface area (Å²) >= 11 is 0. The Bertz CT molecular complexity index is 88.2. The van der Waals surface area contributed by atoms with Gasteiger partial charge in [-0.2, -0.15) is 0 Å². The molecule has 11 heavy (non-hydrogen) atoms. The summed E-state index contributed by atoms with van der Waals surface area (Å²) in [4.78, 5) is 0. The van der Waals surface area contributed by atoms with Gasteiger partial charge in [0.05, 0.1) is 0 Å². The summed E-state index contributed by atoms with van der Waals surface area (Å²) in [5.41, 5.74) is 0. The molecule has 2 rings (SSSR count). The van der Waals surface area contributed by atoms with E-state index in [-0.39, 0.29) is 0 Å². The van der Waals surface area contributed by atoms with Crippen LogP contribution in [0.1, 0.15) is 58.8 Å². The van der Waals surface area contributed by atoms with Crippen LogP contribution in [-0.2, 0) is 0 Å². The smallest absolute Gasteiger partial charge is 0.0411 e. The molecule has 0 bridgehead atoms. The fourth-order valence-electron chi connectivity index (χ4n) is 1.55. The Morgan fingerprint density at radius 1 is 0.909 bits per heavy atom. The largest absolute Gasteiger partial charge is 0.0656 e. The molecule has 0 nitrogen and oxygen atoms in total. The van der Waals surface area contributed by atoms with Crippen molar-refractivity contribution < 1.29 is 0 Å². The Labute approximate surface area is 71.4 Å². The zero-order valence-electron chi connectivity index (χ0n) is 8.10. The van der Waals surface area contributed by atoms with E-state index in [1.165, 1.54) is 24.7 Å². The third-order valence-electron chi connectivity index (χ3n) is 2.59. The number of hydrogen-bond acceptors (Lipinski definition) is 0. The molecule has 0 N–H and O–H groups in total. The maximum atomic E-state index is 2.12. The lowest BCUT2D eigenvalue weighted by molar-refractivity contribution is 0.283. The van der Waals surface area contributed by atoms with E-state index in [0.717, 1.165) is 0 Å². The van der Waals surface area contributed by atoms with Crippen LogP contribution in [0.2, 0.25) is 0 Å². The molecule has 0 spiro atoms. The first-order valence-corrected chi connectivity index (χ1v) is 5.36. The summed E-state index contributed by atoms with van der Waals surface area (Å²) in [6, 6.07) is 0. The van der Waals surface area contributed by atoms with Gasteiger partial charge in [-0.15, -0.1) is 0 Å². The molecule has 0 radical (unpaired) electrons. The summed E-state index contributed by atoms with van der Waals surface area (Å²) in [6.45, 7) is 4.25. The third-order valence-corrected chi connectivity index (χ3v) is 2.59. The minimum atomic E-state index is 1.17. The Kier molecular flexibility index (Phi) is 3.96. The monoisotopic (exact) mass is 154 g/mol. The Balaban J connectivity index is 0.000000179. The quantitative estimate of drug-likeness (QED) is 0.564. The van der Waals surface area contributed by atoms with Crippen LogP contribution >= 0.6 is 0 Å². The van der Waals surface area contributed by atoms with Gasteiger partial charge in [0.25, 0.3) is 0 Å². The van der Waals surface area contributed by atoms with Crippen molar-refractivity contribution in [2.24, 2.45) is 11.8 Å². The highest BCUT2D eigenvalue weighted by Crippen LogP contribution is 2.41. The van der Waals surface area contributed by atoms with Crippen molar-refractivity contribution in [3.8, 4) is 0 Å². The molecular weight excluding hydrogens is 132 g/mol. The van der Waals surface area contributed by atoms with Crippen LogP contribution in [0, 0.1) is 11.8 Å². The molecule has 0 heteroatoms. The minimum Gasteiger partial charge on any atom is -0.0656 e. The second kappa shape index (κ2) is 4.79. The van der Waals surface area contributed by atoms with Crippen molar-refractivity contribution in [1.29, 1.82) is 0 Å². The summed E-state index contributed by atoms with van der Waals surface area (Å²) in [6.07, 6.45) is 10.6. The van der Waals surface area contributed by atoms with Gasteiger partial charge >= 0.3 is 0 Å². The molecule has 0 aromatic rings. The highest BCUT2D eigenvalue weighted by atomic mass is 14.3. The van der Waals surface area contributed by atoms with E-state index in [2.05, 4.69) is 13.8 Å². The van der Waals surface area contributed by atoms with Crippen LogP contribution in [0.15, 0.2) is 0 Å². The van der Waals surface area contributed by atoms with Crippen molar-refractivity contribution in [1.82, 2.24) is 0 Å². The van der Waals surface area contributed by atoms with Crippen molar-refractivity contribution >= 4 is 0 Å². The average Bonchev–Trinajstić information content (AvgIpc) is 2.63. The van der Waals surface area contributed by atoms with Crippen LogP contribution < -0.4 is 0 Å². The first-order valence-electron chi connectivity index (χ1n) is 5.36. The van der Waals surface area contributed by atoms with E-state index in [4.69, 9.17) is 0 Å². The molecule has 66 valence electrons.